The van der Waals surface area contributed by atoms with Crippen LogP contribution in [-0.2, 0) is 0 Å². The molecule has 0 heterocycles. The topological polar surface area (TPSA) is 34.1 Å². The summed E-state index contributed by atoms with van der Waals surface area (Å²) in [5.41, 5.74) is 0.797. The molecule has 0 unspecified atom stereocenters. The van der Waals surface area contributed by atoms with E-state index in [1.54, 1.807) is 12.1 Å². The summed E-state index contributed by atoms with van der Waals surface area (Å²) in [6.45, 7) is 0. The summed E-state index contributed by atoms with van der Waals surface area (Å²) in [5, 5.41) is 0. The molecule has 1 aliphatic rings. The number of halogens is 4. The zero-order chi connectivity index (χ0) is 12.0. The highest BCUT2D eigenvalue weighted by atomic mass is 79.9. The van der Waals surface area contributed by atoms with Crippen LogP contribution in [0.4, 0.5) is 0 Å². The first-order valence-electron chi connectivity index (χ1n) is 4.07. The predicted molar refractivity (Wildman–Crippen MR) is 75.4 cm³/mol. The molecule has 82 valence electrons. The van der Waals surface area contributed by atoms with Crippen LogP contribution >= 0.6 is 63.7 Å². The maximum Gasteiger partial charge on any atom is 0.202 e. The third-order valence-electron chi connectivity index (χ3n) is 2.14. The molecule has 0 spiro atoms. The first kappa shape index (κ1) is 12.7. The van der Waals surface area contributed by atoms with Gasteiger partial charge in [-0.05, 0) is 75.9 Å². The van der Waals surface area contributed by atoms with E-state index in [0.29, 0.717) is 11.1 Å². The molecule has 1 aliphatic carbocycles. The maximum absolute atomic E-state index is 11.9. The number of benzene rings is 1. The quantitative estimate of drug-likeness (QED) is 0.552. The zero-order valence-electron chi connectivity index (χ0n) is 7.48. The van der Waals surface area contributed by atoms with Crippen LogP contribution in [0.3, 0.4) is 0 Å². The molecule has 16 heavy (non-hydrogen) atoms. The first-order valence-corrected chi connectivity index (χ1v) is 7.24. The number of hydrogen-bond acceptors (Lipinski definition) is 2. The van der Waals surface area contributed by atoms with Crippen LogP contribution < -0.4 is 0 Å². The Kier molecular flexibility index (Phi) is 3.55. The second-order valence-corrected chi connectivity index (χ2v) is 6.39. The lowest BCUT2D eigenvalue weighted by Crippen LogP contribution is -2.17. The molecule has 0 radical (unpaired) electrons. The predicted octanol–water partition coefficient (Wildman–Crippen LogP) is 4.59. The Morgan fingerprint density at radius 1 is 0.688 bits per heavy atom. The summed E-state index contributed by atoms with van der Waals surface area (Å²) in [6.07, 6.45) is 0. The largest absolute Gasteiger partial charge is 0.288 e. The standard InChI is InChI=1S/C10H2Br4O2/c11-5-1-3-4(2-6(5)12)10(16)8(14)7(13)9(3)15/h1-2H. The van der Waals surface area contributed by atoms with Gasteiger partial charge in [0.05, 0.1) is 8.96 Å². The number of fused-ring (bicyclic) bond motifs is 1. The van der Waals surface area contributed by atoms with E-state index in [9.17, 15) is 9.59 Å². The molecule has 0 fully saturated rings. The lowest BCUT2D eigenvalue weighted by molar-refractivity contribution is 0.0989. The second kappa shape index (κ2) is 4.48. The van der Waals surface area contributed by atoms with Crippen LogP contribution in [0, 0.1) is 0 Å². The molecule has 0 aliphatic heterocycles. The summed E-state index contributed by atoms with van der Waals surface area (Å²) in [6, 6.07) is 3.28. The minimum atomic E-state index is -0.199. The fourth-order valence-corrected chi connectivity index (χ4v) is 2.83. The van der Waals surface area contributed by atoms with Gasteiger partial charge in [-0.3, -0.25) is 9.59 Å². The summed E-state index contributed by atoms with van der Waals surface area (Å²) in [5.74, 6) is -0.399. The summed E-state index contributed by atoms with van der Waals surface area (Å²) < 4.78 is 2.01. The van der Waals surface area contributed by atoms with Crippen molar-refractivity contribution in [3.05, 3.63) is 41.2 Å². The Morgan fingerprint density at radius 2 is 1.00 bits per heavy atom. The van der Waals surface area contributed by atoms with Crippen molar-refractivity contribution >= 4 is 75.3 Å². The normalized spacial score (nSPS) is 15.5. The summed E-state index contributed by atoms with van der Waals surface area (Å²) >= 11 is 12.8. The van der Waals surface area contributed by atoms with Gasteiger partial charge in [-0.15, -0.1) is 0 Å². The van der Waals surface area contributed by atoms with E-state index in [1.165, 1.54) is 0 Å². The van der Waals surface area contributed by atoms with E-state index >= 15 is 0 Å². The van der Waals surface area contributed by atoms with Crippen LogP contribution in [-0.4, -0.2) is 11.6 Å². The molecule has 0 aromatic heterocycles. The molecule has 0 saturated carbocycles. The van der Waals surface area contributed by atoms with Crippen molar-refractivity contribution in [3.8, 4) is 0 Å². The lowest BCUT2D eigenvalue weighted by Gasteiger charge is -2.15. The Balaban J connectivity index is 2.76. The average molecular weight is 474 g/mol. The van der Waals surface area contributed by atoms with Crippen LogP contribution in [0.15, 0.2) is 30.0 Å². The number of ketones is 2. The zero-order valence-corrected chi connectivity index (χ0v) is 13.8. The molecular weight excluding hydrogens is 472 g/mol. The third-order valence-corrected chi connectivity index (χ3v) is 6.03. The Labute approximate surface area is 125 Å². The summed E-state index contributed by atoms with van der Waals surface area (Å²) in [4.78, 5) is 23.8. The van der Waals surface area contributed by atoms with E-state index in [0.717, 1.165) is 8.95 Å². The monoisotopic (exact) mass is 470 g/mol. The van der Waals surface area contributed by atoms with Crippen molar-refractivity contribution in [2.24, 2.45) is 0 Å². The number of Topliss-reactive ketones (excluding diaryl/α,β-unsaturated/α-hetero) is 2. The SMILES string of the molecule is O=C1C(Br)=C(Br)C(=O)c2cc(Br)c(Br)cc21. The van der Waals surface area contributed by atoms with E-state index in [2.05, 4.69) is 63.7 Å². The van der Waals surface area contributed by atoms with Gasteiger partial charge in [0.2, 0.25) is 11.6 Å². The van der Waals surface area contributed by atoms with Crippen LogP contribution in [0.2, 0.25) is 0 Å². The van der Waals surface area contributed by atoms with E-state index in [1.807, 2.05) is 0 Å². The van der Waals surface area contributed by atoms with Gasteiger partial charge in [0.25, 0.3) is 0 Å². The van der Waals surface area contributed by atoms with Gasteiger partial charge in [-0.2, -0.15) is 0 Å². The molecule has 0 saturated heterocycles. The van der Waals surface area contributed by atoms with E-state index in [-0.39, 0.29) is 20.5 Å². The number of hydrogen-bond donors (Lipinski definition) is 0. The maximum atomic E-state index is 11.9. The number of carbonyl (C=O) groups is 2. The van der Waals surface area contributed by atoms with Crippen molar-refractivity contribution in [2.75, 3.05) is 0 Å². The van der Waals surface area contributed by atoms with Crippen molar-refractivity contribution in [3.63, 3.8) is 0 Å². The smallest absolute Gasteiger partial charge is 0.202 e. The van der Waals surface area contributed by atoms with Gasteiger partial charge in [0.15, 0.2) is 0 Å². The fourth-order valence-electron chi connectivity index (χ4n) is 1.36. The van der Waals surface area contributed by atoms with Crippen molar-refractivity contribution < 1.29 is 9.59 Å². The van der Waals surface area contributed by atoms with Crippen molar-refractivity contribution in [2.45, 2.75) is 0 Å². The van der Waals surface area contributed by atoms with Gasteiger partial charge in [0, 0.05) is 20.1 Å². The summed E-state index contributed by atoms with van der Waals surface area (Å²) in [7, 11) is 0. The lowest BCUT2D eigenvalue weighted by atomic mass is 9.95. The highest BCUT2D eigenvalue weighted by Crippen LogP contribution is 2.36. The van der Waals surface area contributed by atoms with Gasteiger partial charge >= 0.3 is 0 Å². The Morgan fingerprint density at radius 3 is 1.31 bits per heavy atom. The van der Waals surface area contributed by atoms with Crippen LogP contribution in [0.5, 0.6) is 0 Å². The van der Waals surface area contributed by atoms with Gasteiger partial charge in [0.1, 0.15) is 0 Å². The molecular formula is C10H2Br4O2. The number of carbonyl (C=O) groups excluding carboxylic acids is 2. The van der Waals surface area contributed by atoms with Crippen molar-refractivity contribution in [1.29, 1.82) is 0 Å². The van der Waals surface area contributed by atoms with E-state index < -0.39 is 0 Å². The first-order chi connectivity index (χ1) is 7.43. The third kappa shape index (κ3) is 1.89. The number of allylic oxidation sites excluding steroid dienone is 2. The highest BCUT2D eigenvalue weighted by Gasteiger charge is 2.30. The molecule has 6 heteroatoms. The van der Waals surface area contributed by atoms with Crippen molar-refractivity contribution in [1.82, 2.24) is 0 Å². The van der Waals surface area contributed by atoms with Crippen LogP contribution in [0.1, 0.15) is 20.7 Å². The molecule has 0 N–H and O–H groups in total. The number of rotatable bonds is 0. The van der Waals surface area contributed by atoms with Gasteiger partial charge in [-0.25, -0.2) is 0 Å². The van der Waals surface area contributed by atoms with E-state index in [4.69, 9.17) is 0 Å². The average Bonchev–Trinajstić information content (AvgIpc) is 2.26. The molecule has 2 nitrogen and oxygen atoms in total. The van der Waals surface area contributed by atoms with Crippen LogP contribution in [0.25, 0.3) is 0 Å². The molecule has 0 bridgehead atoms. The molecule has 1 aromatic rings. The van der Waals surface area contributed by atoms with Gasteiger partial charge < -0.3 is 0 Å². The Hall–Kier alpha value is 0.220. The highest BCUT2D eigenvalue weighted by molar-refractivity contribution is 9.14. The minimum absolute atomic E-state index is 0.199. The second-order valence-electron chi connectivity index (χ2n) is 3.10. The minimum Gasteiger partial charge on any atom is -0.288 e. The Bertz CT molecular complexity index is 511. The molecule has 1 aromatic carbocycles. The fraction of sp³-hybridized carbons (Fsp3) is 0. The molecule has 0 amide bonds. The molecule has 0 atom stereocenters. The molecule has 2 rings (SSSR count). The van der Waals surface area contributed by atoms with Gasteiger partial charge in [-0.1, -0.05) is 0 Å².